The summed E-state index contributed by atoms with van der Waals surface area (Å²) in [4.78, 5) is 31.3. The lowest BCUT2D eigenvalue weighted by Crippen LogP contribution is -2.46. The SMILES string of the molecule is O=C(CCc1ncccn1)N1CC2(CCN(C/C=C/c3ccc(Cl)c(Cl)c3)CC2)c2c1ccc1scnc21. The Morgan fingerprint density at radius 3 is 2.66 bits per heavy atom. The molecule has 38 heavy (non-hydrogen) atoms. The van der Waals surface area contributed by atoms with Gasteiger partial charge in [0.2, 0.25) is 5.91 Å². The van der Waals surface area contributed by atoms with E-state index < -0.39 is 0 Å². The summed E-state index contributed by atoms with van der Waals surface area (Å²) in [7, 11) is 0. The lowest BCUT2D eigenvalue weighted by molar-refractivity contribution is -0.118. The molecule has 2 aromatic heterocycles. The molecule has 0 aliphatic carbocycles. The van der Waals surface area contributed by atoms with E-state index in [4.69, 9.17) is 28.2 Å². The maximum Gasteiger partial charge on any atom is 0.227 e. The first-order valence-electron chi connectivity index (χ1n) is 12.8. The lowest BCUT2D eigenvalue weighted by atomic mass is 9.74. The Bertz CT molecular complexity index is 1500. The average molecular weight is 565 g/mol. The fourth-order valence-corrected chi connectivity index (χ4v) is 6.69. The zero-order valence-corrected chi connectivity index (χ0v) is 23.1. The van der Waals surface area contributed by atoms with Crippen LogP contribution in [-0.4, -0.2) is 51.9 Å². The van der Waals surface area contributed by atoms with Crippen LogP contribution in [0.5, 0.6) is 0 Å². The van der Waals surface area contributed by atoms with E-state index in [1.807, 2.05) is 28.6 Å². The van der Waals surface area contributed by atoms with Crippen molar-refractivity contribution in [3.63, 3.8) is 0 Å². The second kappa shape index (κ2) is 10.7. The number of anilines is 1. The summed E-state index contributed by atoms with van der Waals surface area (Å²) in [5.74, 6) is 0.823. The number of likely N-dealkylation sites (tertiary alicyclic amines) is 1. The zero-order valence-electron chi connectivity index (χ0n) is 20.8. The molecule has 0 saturated carbocycles. The number of carbonyl (C=O) groups is 1. The Kier molecular flexibility index (Phi) is 7.18. The van der Waals surface area contributed by atoms with Crippen molar-refractivity contribution >= 4 is 62.4 Å². The molecule has 1 fully saturated rings. The van der Waals surface area contributed by atoms with E-state index in [-0.39, 0.29) is 11.3 Å². The molecule has 4 aromatic rings. The Morgan fingerprint density at radius 2 is 1.87 bits per heavy atom. The summed E-state index contributed by atoms with van der Waals surface area (Å²) in [6, 6.07) is 11.7. The second-order valence-corrected chi connectivity index (χ2v) is 11.7. The highest BCUT2D eigenvalue weighted by Crippen LogP contribution is 2.50. The third kappa shape index (κ3) is 4.96. The number of aromatic nitrogens is 3. The van der Waals surface area contributed by atoms with Gasteiger partial charge in [-0.15, -0.1) is 11.3 Å². The van der Waals surface area contributed by atoms with Gasteiger partial charge in [-0.2, -0.15) is 0 Å². The van der Waals surface area contributed by atoms with Crippen molar-refractivity contribution in [1.29, 1.82) is 0 Å². The molecule has 1 saturated heterocycles. The van der Waals surface area contributed by atoms with Crippen LogP contribution in [0.4, 0.5) is 5.69 Å². The van der Waals surface area contributed by atoms with Crippen LogP contribution in [-0.2, 0) is 16.6 Å². The number of rotatable bonds is 6. The van der Waals surface area contributed by atoms with E-state index in [2.05, 4.69) is 39.2 Å². The monoisotopic (exact) mass is 563 g/mol. The van der Waals surface area contributed by atoms with Crippen LogP contribution in [0.3, 0.4) is 0 Å². The number of amides is 1. The highest BCUT2D eigenvalue weighted by molar-refractivity contribution is 7.16. The number of benzene rings is 2. The molecule has 0 unspecified atom stereocenters. The zero-order chi connectivity index (χ0) is 26.1. The normalized spacial score (nSPS) is 17.1. The van der Waals surface area contributed by atoms with E-state index >= 15 is 0 Å². The molecule has 4 heterocycles. The third-order valence-corrected chi connectivity index (χ3v) is 9.21. The minimum absolute atomic E-state index is 0.0776. The molecule has 0 atom stereocenters. The number of nitrogens with zero attached hydrogens (tertiary/aromatic N) is 5. The van der Waals surface area contributed by atoms with Gasteiger partial charge in [0.25, 0.3) is 0 Å². The molecule has 194 valence electrons. The highest BCUT2D eigenvalue weighted by atomic mass is 35.5. The summed E-state index contributed by atoms with van der Waals surface area (Å²) in [6.45, 7) is 3.50. The van der Waals surface area contributed by atoms with Crippen LogP contribution >= 0.6 is 34.5 Å². The maximum atomic E-state index is 13.5. The van der Waals surface area contributed by atoms with Gasteiger partial charge >= 0.3 is 0 Å². The summed E-state index contributed by atoms with van der Waals surface area (Å²) in [5.41, 5.74) is 6.22. The van der Waals surface area contributed by atoms with Crippen LogP contribution in [0.2, 0.25) is 10.0 Å². The molecule has 2 aliphatic rings. The Labute approximate surface area is 235 Å². The molecule has 0 radical (unpaired) electrons. The van der Waals surface area contributed by atoms with Gasteiger partial charge in [-0.3, -0.25) is 9.69 Å². The van der Waals surface area contributed by atoms with Gasteiger partial charge in [0.05, 0.1) is 25.8 Å². The number of fused-ring (bicyclic) bond motifs is 4. The molecule has 2 aromatic carbocycles. The summed E-state index contributed by atoms with van der Waals surface area (Å²) in [5, 5.41) is 1.13. The maximum absolute atomic E-state index is 13.5. The second-order valence-electron chi connectivity index (χ2n) is 9.96. The van der Waals surface area contributed by atoms with Gasteiger partial charge < -0.3 is 4.90 Å². The number of thiazole rings is 1. The van der Waals surface area contributed by atoms with E-state index in [0.29, 0.717) is 35.3 Å². The number of aryl methyl sites for hydroxylation is 1. The van der Waals surface area contributed by atoms with Crippen LogP contribution < -0.4 is 4.90 Å². The van der Waals surface area contributed by atoms with Gasteiger partial charge in [0.15, 0.2) is 0 Å². The van der Waals surface area contributed by atoms with E-state index in [0.717, 1.165) is 49.2 Å². The van der Waals surface area contributed by atoms with Crippen molar-refractivity contribution in [3.8, 4) is 0 Å². The van der Waals surface area contributed by atoms with Gasteiger partial charge in [-0.1, -0.05) is 41.4 Å². The van der Waals surface area contributed by atoms with Crippen molar-refractivity contribution in [1.82, 2.24) is 19.9 Å². The highest BCUT2D eigenvalue weighted by Gasteiger charge is 2.47. The Hall–Kier alpha value is -2.84. The third-order valence-electron chi connectivity index (χ3n) is 7.68. The van der Waals surface area contributed by atoms with Crippen molar-refractivity contribution in [2.75, 3.05) is 31.1 Å². The first-order valence-corrected chi connectivity index (χ1v) is 14.4. The van der Waals surface area contributed by atoms with Gasteiger partial charge in [-0.25, -0.2) is 15.0 Å². The number of halogens is 2. The van der Waals surface area contributed by atoms with Crippen molar-refractivity contribution in [2.45, 2.75) is 31.1 Å². The molecular weight excluding hydrogens is 537 g/mol. The lowest BCUT2D eigenvalue weighted by Gasteiger charge is -2.39. The van der Waals surface area contributed by atoms with E-state index in [1.165, 1.54) is 10.3 Å². The molecule has 1 amide bonds. The molecule has 9 heteroatoms. The van der Waals surface area contributed by atoms with Gasteiger partial charge in [0, 0.05) is 55.0 Å². The predicted octanol–water partition coefficient (Wildman–Crippen LogP) is 6.42. The van der Waals surface area contributed by atoms with E-state index in [9.17, 15) is 4.79 Å². The first kappa shape index (κ1) is 25.4. The van der Waals surface area contributed by atoms with Crippen LogP contribution in [0, 0.1) is 0 Å². The summed E-state index contributed by atoms with van der Waals surface area (Å²) < 4.78 is 1.18. The fourth-order valence-electron chi connectivity index (χ4n) is 5.70. The minimum Gasteiger partial charge on any atom is -0.311 e. The van der Waals surface area contributed by atoms with Crippen LogP contribution in [0.1, 0.15) is 36.2 Å². The number of hydrogen-bond donors (Lipinski definition) is 0. The number of hydrogen-bond acceptors (Lipinski definition) is 6. The molecule has 6 nitrogen and oxygen atoms in total. The van der Waals surface area contributed by atoms with Crippen molar-refractivity contribution < 1.29 is 4.79 Å². The first-order chi connectivity index (χ1) is 18.5. The predicted molar refractivity (Wildman–Crippen MR) is 155 cm³/mol. The molecule has 0 bridgehead atoms. The van der Waals surface area contributed by atoms with E-state index in [1.54, 1.807) is 29.8 Å². The summed E-state index contributed by atoms with van der Waals surface area (Å²) in [6.07, 6.45) is 10.6. The average Bonchev–Trinajstić information content (AvgIpc) is 3.54. The van der Waals surface area contributed by atoms with Crippen molar-refractivity contribution in [3.05, 3.63) is 87.4 Å². The van der Waals surface area contributed by atoms with Crippen LogP contribution in [0.25, 0.3) is 16.3 Å². The molecular formula is C29H27Cl2N5OS. The topological polar surface area (TPSA) is 62.2 Å². The quantitative estimate of drug-likeness (QED) is 0.271. The fraction of sp³-hybridized carbons (Fsp3) is 0.310. The smallest absolute Gasteiger partial charge is 0.227 e. The molecule has 2 aliphatic heterocycles. The number of piperidine rings is 1. The molecule has 1 spiro atoms. The Balaban J connectivity index is 1.18. The van der Waals surface area contributed by atoms with Crippen LogP contribution in [0.15, 0.2) is 60.4 Å². The largest absolute Gasteiger partial charge is 0.311 e. The van der Waals surface area contributed by atoms with Gasteiger partial charge in [0.1, 0.15) is 5.82 Å². The Morgan fingerprint density at radius 1 is 1.05 bits per heavy atom. The molecule has 0 N–H and O–H groups in total. The van der Waals surface area contributed by atoms with Gasteiger partial charge in [-0.05, 0) is 61.8 Å². The summed E-state index contributed by atoms with van der Waals surface area (Å²) >= 11 is 13.9. The number of carbonyl (C=O) groups excluding carboxylic acids is 1. The standard InChI is InChI=1S/C29H27Cl2N5OS/c30-21-5-4-20(17-22(21)31)3-1-14-35-15-10-29(11-16-35)18-36(26(37)9-8-25-32-12-2-13-33-25)23-6-7-24-28(27(23)29)34-19-38-24/h1-7,12-13,17,19H,8-11,14-16,18H2/b3-1+. The minimum atomic E-state index is -0.0776. The van der Waals surface area contributed by atoms with Crippen molar-refractivity contribution in [2.24, 2.45) is 0 Å². The molecule has 6 rings (SSSR count).